The van der Waals surface area contributed by atoms with Gasteiger partial charge in [0.15, 0.2) is 0 Å². The normalized spacial score (nSPS) is 10.6. The van der Waals surface area contributed by atoms with Crippen LogP contribution < -0.4 is 5.73 Å². The van der Waals surface area contributed by atoms with Crippen molar-refractivity contribution in [3.05, 3.63) is 47.1 Å². The van der Waals surface area contributed by atoms with Crippen LogP contribution in [-0.4, -0.2) is 15.1 Å². The Hall–Kier alpha value is -2.21. The number of halogens is 1. The number of benzene rings is 1. The first kappa shape index (κ1) is 11.9. The molecule has 19 heavy (non-hydrogen) atoms. The second-order valence-electron chi connectivity index (χ2n) is 3.91. The maximum Gasteiger partial charge on any atom is 0.276 e. The molecule has 0 aliphatic carbocycles. The second-order valence-corrected chi connectivity index (χ2v) is 4.83. The molecule has 0 aliphatic rings. The van der Waals surface area contributed by atoms with Crippen LogP contribution in [0.3, 0.4) is 0 Å². The molecule has 2 N–H and O–H groups in total. The zero-order valence-corrected chi connectivity index (χ0v) is 11.3. The van der Waals surface area contributed by atoms with Crippen molar-refractivity contribution < 1.29 is 4.52 Å². The lowest BCUT2D eigenvalue weighted by Gasteiger charge is -1.95. The van der Waals surface area contributed by atoms with Gasteiger partial charge in [0.25, 0.3) is 5.89 Å². The van der Waals surface area contributed by atoms with Gasteiger partial charge in [-0.15, -0.1) is 0 Å². The van der Waals surface area contributed by atoms with Gasteiger partial charge >= 0.3 is 0 Å². The first-order chi connectivity index (χ1) is 9.22. The van der Waals surface area contributed by atoms with Gasteiger partial charge in [-0.25, -0.2) is 4.98 Å². The van der Waals surface area contributed by atoms with Crippen molar-refractivity contribution >= 4 is 21.6 Å². The average molecular weight is 317 g/mol. The van der Waals surface area contributed by atoms with E-state index < -0.39 is 0 Å². The number of pyridine rings is 1. The Balaban J connectivity index is 1.97. The van der Waals surface area contributed by atoms with Crippen molar-refractivity contribution in [2.75, 3.05) is 5.73 Å². The zero-order chi connectivity index (χ0) is 13.2. The van der Waals surface area contributed by atoms with Gasteiger partial charge in [-0.05, 0) is 24.3 Å². The van der Waals surface area contributed by atoms with E-state index >= 15 is 0 Å². The van der Waals surface area contributed by atoms with Gasteiger partial charge in [-0.3, -0.25) is 0 Å². The van der Waals surface area contributed by atoms with E-state index in [0.29, 0.717) is 23.1 Å². The molecular formula is C13H9BrN4O. The number of hydrogen-bond acceptors (Lipinski definition) is 5. The molecule has 2 heterocycles. The van der Waals surface area contributed by atoms with Gasteiger partial charge in [0, 0.05) is 10.0 Å². The van der Waals surface area contributed by atoms with Gasteiger partial charge in [-0.2, -0.15) is 4.98 Å². The van der Waals surface area contributed by atoms with Crippen molar-refractivity contribution in [3.8, 4) is 23.0 Å². The number of anilines is 1. The Morgan fingerprint density at radius 1 is 1.16 bits per heavy atom. The monoisotopic (exact) mass is 316 g/mol. The van der Waals surface area contributed by atoms with Crippen LogP contribution in [0.15, 0.2) is 51.6 Å². The molecule has 5 nitrogen and oxygen atoms in total. The Kier molecular flexibility index (Phi) is 3.00. The summed E-state index contributed by atoms with van der Waals surface area (Å²) in [6.07, 6.45) is 1.55. The smallest absolute Gasteiger partial charge is 0.276 e. The molecular weight excluding hydrogens is 308 g/mol. The predicted octanol–water partition coefficient (Wildman–Crippen LogP) is 3.14. The fraction of sp³-hybridized carbons (Fsp3) is 0. The van der Waals surface area contributed by atoms with E-state index in [0.717, 1.165) is 10.0 Å². The summed E-state index contributed by atoms with van der Waals surface area (Å²) in [6.45, 7) is 0. The summed E-state index contributed by atoms with van der Waals surface area (Å²) in [6, 6.07) is 11.2. The summed E-state index contributed by atoms with van der Waals surface area (Å²) in [7, 11) is 0. The molecule has 0 saturated heterocycles. The molecule has 0 fully saturated rings. The average Bonchev–Trinajstić information content (AvgIpc) is 2.89. The number of aromatic nitrogens is 3. The van der Waals surface area contributed by atoms with Crippen LogP contribution in [-0.2, 0) is 0 Å². The van der Waals surface area contributed by atoms with E-state index in [1.807, 2.05) is 24.3 Å². The third kappa shape index (κ3) is 2.48. The molecule has 0 aliphatic heterocycles. The fourth-order valence-corrected chi connectivity index (χ4v) is 2.00. The highest BCUT2D eigenvalue weighted by Gasteiger charge is 2.11. The van der Waals surface area contributed by atoms with E-state index in [4.69, 9.17) is 10.3 Å². The van der Waals surface area contributed by atoms with Gasteiger partial charge in [0.1, 0.15) is 5.69 Å². The van der Waals surface area contributed by atoms with Crippen molar-refractivity contribution in [2.24, 2.45) is 0 Å². The van der Waals surface area contributed by atoms with Crippen molar-refractivity contribution in [1.29, 1.82) is 0 Å². The first-order valence-corrected chi connectivity index (χ1v) is 6.33. The molecule has 1 aromatic carbocycles. The maximum atomic E-state index is 5.58. The number of hydrogen-bond donors (Lipinski definition) is 1. The summed E-state index contributed by atoms with van der Waals surface area (Å²) in [5, 5.41) is 3.95. The molecule has 0 radical (unpaired) electrons. The van der Waals surface area contributed by atoms with E-state index in [1.54, 1.807) is 18.3 Å². The van der Waals surface area contributed by atoms with Crippen LogP contribution >= 0.6 is 15.9 Å². The molecule has 0 unspecified atom stereocenters. The molecule has 3 rings (SSSR count). The molecule has 0 amide bonds. The molecule has 6 heteroatoms. The number of nitrogen functional groups attached to an aromatic ring is 1. The summed E-state index contributed by atoms with van der Waals surface area (Å²) >= 11 is 3.41. The summed E-state index contributed by atoms with van der Waals surface area (Å²) in [5.74, 6) is 0.893. The molecule has 0 bridgehead atoms. The van der Waals surface area contributed by atoms with E-state index in [2.05, 4.69) is 31.1 Å². The topological polar surface area (TPSA) is 77.8 Å². The first-order valence-electron chi connectivity index (χ1n) is 5.54. The number of nitrogens with two attached hydrogens (primary N) is 1. The van der Waals surface area contributed by atoms with Crippen molar-refractivity contribution in [2.45, 2.75) is 0 Å². The minimum atomic E-state index is 0.370. The molecule has 94 valence electrons. The summed E-state index contributed by atoms with van der Waals surface area (Å²) in [4.78, 5) is 8.46. The molecule has 0 atom stereocenters. The summed E-state index contributed by atoms with van der Waals surface area (Å²) in [5.41, 5.74) is 7.65. The van der Waals surface area contributed by atoms with Crippen LogP contribution in [0.2, 0.25) is 0 Å². The molecule has 0 spiro atoms. The highest BCUT2D eigenvalue weighted by molar-refractivity contribution is 9.10. The lowest BCUT2D eigenvalue weighted by Crippen LogP contribution is -1.88. The van der Waals surface area contributed by atoms with E-state index in [-0.39, 0.29) is 0 Å². The van der Waals surface area contributed by atoms with E-state index in [9.17, 15) is 0 Å². The number of rotatable bonds is 2. The van der Waals surface area contributed by atoms with Gasteiger partial charge in [-0.1, -0.05) is 33.2 Å². The van der Waals surface area contributed by atoms with E-state index in [1.165, 1.54) is 0 Å². The standard InChI is InChI=1S/C13H9BrN4O/c14-9-3-1-2-8(6-9)12-17-13(19-18-12)11-5-4-10(15)7-16-11/h1-7H,15H2. The Morgan fingerprint density at radius 2 is 2.05 bits per heavy atom. The third-order valence-corrected chi connectivity index (χ3v) is 3.01. The lowest BCUT2D eigenvalue weighted by molar-refractivity contribution is 0.431. The van der Waals surface area contributed by atoms with Gasteiger partial charge in [0.2, 0.25) is 5.82 Å². The van der Waals surface area contributed by atoms with Crippen LogP contribution in [0.5, 0.6) is 0 Å². The van der Waals surface area contributed by atoms with Crippen LogP contribution in [0.4, 0.5) is 5.69 Å². The minimum absolute atomic E-state index is 0.370. The predicted molar refractivity (Wildman–Crippen MR) is 75.1 cm³/mol. The highest BCUT2D eigenvalue weighted by Crippen LogP contribution is 2.23. The van der Waals surface area contributed by atoms with Crippen LogP contribution in [0.25, 0.3) is 23.0 Å². The Labute approximate surface area is 117 Å². The highest BCUT2D eigenvalue weighted by atomic mass is 79.9. The Bertz CT molecular complexity index is 709. The molecule has 0 saturated carbocycles. The third-order valence-electron chi connectivity index (χ3n) is 2.51. The van der Waals surface area contributed by atoms with Crippen molar-refractivity contribution in [1.82, 2.24) is 15.1 Å². The fourth-order valence-electron chi connectivity index (χ4n) is 1.60. The largest absolute Gasteiger partial charge is 0.397 e. The Morgan fingerprint density at radius 3 is 2.79 bits per heavy atom. The summed E-state index contributed by atoms with van der Waals surface area (Å²) < 4.78 is 6.17. The lowest BCUT2D eigenvalue weighted by atomic mass is 10.2. The van der Waals surface area contributed by atoms with Gasteiger partial charge in [0.05, 0.1) is 11.9 Å². The SMILES string of the molecule is Nc1ccc(-c2nc(-c3cccc(Br)c3)no2)nc1. The van der Waals surface area contributed by atoms with Crippen LogP contribution in [0.1, 0.15) is 0 Å². The van der Waals surface area contributed by atoms with Crippen molar-refractivity contribution in [3.63, 3.8) is 0 Å². The van der Waals surface area contributed by atoms with Crippen LogP contribution in [0, 0.1) is 0 Å². The minimum Gasteiger partial charge on any atom is -0.397 e. The maximum absolute atomic E-state index is 5.58. The quantitative estimate of drug-likeness (QED) is 0.785. The van der Waals surface area contributed by atoms with Gasteiger partial charge < -0.3 is 10.3 Å². The molecule has 2 aromatic heterocycles. The number of nitrogens with zero attached hydrogens (tertiary/aromatic N) is 3. The zero-order valence-electron chi connectivity index (χ0n) is 9.75. The molecule has 3 aromatic rings. The second kappa shape index (κ2) is 4.81.